The highest BCUT2D eigenvalue weighted by Crippen LogP contribution is 2.43. The minimum atomic E-state index is -4.71. The summed E-state index contributed by atoms with van der Waals surface area (Å²) in [6.07, 6.45) is 48.8. The van der Waals surface area contributed by atoms with Crippen LogP contribution in [0.3, 0.4) is 0 Å². The highest BCUT2D eigenvalue weighted by atomic mass is 31.2. The van der Waals surface area contributed by atoms with Gasteiger partial charge in [-0.05, 0) is 12.8 Å². The molecular weight excluding hydrogens is 818 g/mol. The maximum Gasteiger partial charge on any atom is 0.472 e. The van der Waals surface area contributed by atoms with Gasteiger partial charge in [-0.2, -0.15) is 0 Å². The maximum atomic E-state index is 12.7. The summed E-state index contributed by atoms with van der Waals surface area (Å²) in [7, 11) is -4.71. The molecule has 0 heterocycles. The lowest BCUT2D eigenvalue weighted by molar-refractivity contribution is -0.161. The van der Waals surface area contributed by atoms with Crippen LogP contribution in [-0.2, 0) is 37.5 Å². The topological polar surface area (TPSA) is 172 Å². The number of carbonyl (C=O) groups excluding carboxylic acids is 2. The second-order valence-electron chi connectivity index (χ2n) is 18.4. The molecule has 0 aliphatic heterocycles. The normalized spacial score (nSPS) is 13.5. The van der Waals surface area contributed by atoms with Crippen LogP contribution in [0.4, 0.5) is 0 Å². The van der Waals surface area contributed by atoms with Gasteiger partial charge in [-0.1, -0.05) is 251 Å². The number of unbranched alkanes of at least 4 members (excludes halogenated alkanes) is 37. The molecule has 0 amide bonds. The largest absolute Gasteiger partial charge is 0.480 e. The van der Waals surface area contributed by atoms with E-state index in [1.807, 2.05) is 0 Å². The van der Waals surface area contributed by atoms with Crippen LogP contribution >= 0.6 is 7.82 Å². The highest BCUT2D eigenvalue weighted by molar-refractivity contribution is 7.47. The molecule has 0 rings (SSSR count). The van der Waals surface area contributed by atoms with Gasteiger partial charge in [-0.3, -0.25) is 23.4 Å². The van der Waals surface area contributed by atoms with Crippen LogP contribution in [0.15, 0.2) is 0 Å². The molecule has 0 bridgehead atoms. The fraction of sp³-hybridized carbons (Fsp3) is 0.941. The van der Waals surface area contributed by atoms with Crippen LogP contribution in [0, 0.1) is 0 Å². The number of hydrogen-bond acceptors (Lipinski definition) is 9. The average Bonchev–Trinajstić information content (AvgIpc) is 3.26. The van der Waals surface area contributed by atoms with Crippen LogP contribution in [0.5, 0.6) is 0 Å². The number of carbonyl (C=O) groups is 3. The number of carboxylic acid groups (broad SMARTS) is 1. The molecule has 0 fully saturated rings. The van der Waals surface area contributed by atoms with Gasteiger partial charge in [0.1, 0.15) is 12.6 Å². The Balaban J connectivity index is 4.15. The molecule has 4 N–H and O–H groups in total. The molecule has 12 heteroatoms. The summed E-state index contributed by atoms with van der Waals surface area (Å²) in [5.41, 5.74) is 5.36. The molecule has 374 valence electrons. The summed E-state index contributed by atoms with van der Waals surface area (Å²) in [6.45, 7) is 2.87. The van der Waals surface area contributed by atoms with Crippen molar-refractivity contribution in [2.24, 2.45) is 5.73 Å². The summed E-state index contributed by atoms with van der Waals surface area (Å²) in [4.78, 5) is 46.2. The van der Waals surface area contributed by atoms with Crippen molar-refractivity contribution in [2.75, 3.05) is 19.8 Å². The second-order valence-corrected chi connectivity index (χ2v) is 19.8. The zero-order chi connectivity index (χ0) is 46.3. The van der Waals surface area contributed by atoms with E-state index in [-0.39, 0.29) is 19.4 Å². The van der Waals surface area contributed by atoms with Gasteiger partial charge in [0.25, 0.3) is 0 Å². The van der Waals surface area contributed by atoms with Gasteiger partial charge in [0.2, 0.25) is 0 Å². The molecular formula is C51H100NO10P. The first-order valence-electron chi connectivity index (χ1n) is 26.6. The third-order valence-electron chi connectivity index (χ3n) is 12.1. The molecule has 0 aromatic heterocycles. The zero-order valence-electron chi connectivity index (χ0n) is 41.0. The Hall–Kier alpha value is -1.52. The summed E-state index contributed by atoms with van der Waals surface area (Å²) in [5, 5.41) is 8.92. The van der Waals surface area contributed by atoms with Crippen molar-refractivity contribution in [3.8, 4) is 0 Å². The van der Waals surface area contributed by atoms with Gasteiger partial charge in [0.05, 0.1) is 13.2 Å². The Morgan fingerprint density at radius 3 is 1.00 bits per heavy atom. The lowest BCUT2D eigenvalue weighted by Gasteiger charge is -2.20. The van der Waals surface area contributed by atoms with Crippen molar-refractivity contribution in [1.82, 2.24) is 0 Å². The van der Waals surface area contributed by atoms with E-state index in [1.165, 1.54) is 199 Å². The van der Waals surface area contributed by atoms with Gasteiger partial charge in [-0.15, -0.1) is 0 Å². The Bertz CT molecular complexity index is 1080. The number of phosphoric acid groups is 1. The number of esters is 2. The number of rotatable bonds is 51. The van der Waals surface area contributed by atoms with E-state index < -0.39 is 51.1 Å². The van der Waals surface area contributed by atoms with E-state index in [2.05, 4.69) is 18.4 Å². The molecule has 0 aromatic rings. The first-order valence-corrected chi connectivity index (χ1v) is 28.1. The van der Waals surface area contributed by atoms with E-state index in [1.54, 1.807) is 0 Å². The van der Waals surface area contributed by atoms with Crippen molar-refractivity contribution in [2.45, 2.75) is 289 Å². The van der Waals surface area contributed by atoms with E-state index in [0.29, 0.717) is 12.8 Å². The van der Waals surface area contributed by atoms with E-state index >= 15 is 0 Å². The maximum absolute atomic E-state index is 12.7. The van der Waals surface area contributed by atoms with E-state index in [9.17, 15) is 23.8 Å². The number of ether oxygens (including phenoxy) is 2. The third kappa shape index (κ3) is 46.8. The minimum Gasteiger partial charge on any atom is -0.480 e. The second kappa shape index (κ2) is 47.0. The molecule has 3 atom stereocenters. The number of aliphatic carboxylic acids is 1. The van der Waals surface area contributed by atoms with E-state index in [4.69, 9.17) is 24.8 Å². The van der Waals surface area contributed by atoms with Crippen LogP contribution in [0.2, 0.25) is 0 Å². The summed E-state index contributed by atoms with van der Waals surface area (Å²) in [5.74, 6) is -2.35. The van der Waals surface area contributed by atoms with Crippen molar-refractivity contribution < 1.29 is 47.5 Å². The smallest absolute Gasteiger partial charge is 0.472 e. The van der Waals surface area contributed by atoms with Gasteiger partial charge < -0.3 is 25.2 Å². The molecule has 63 heavy (non-hydrogen) atoms. The van der Waals surface area contributed by atoms with Gasteiger partial charge in [-0.25, -0.2) is 4.57 Å². The Kier molecular flexibility index (Phi) is 45.9. The van der Waals surface area contributed by atoms with Crippen molar-refractivity contribution in [3.05, 3.63) is 0 Å². The summed E-state index contributed by atoms with van der Waals surface area (Å²) < 4.78 is 32.9. The molecule has 3 unspecified atom stereocenters. The Morgan fingerprint density at radius 1 is 0.429 bits per heavy atom. The number of hydrogen-bond donors (Lipinski definition) is 3. The fourth-order valence-electron chi connectivity index (χ4n) is 7.95. The Morgan fingerprint density at radius 2 is 0.698 bits per heavy atom. The molecule has 11 nitrogen and oxygen atoms in total. The minimum absolute atomic E-state index is 0.170. The predicted molar refractivity (Wildman–Crippen MR) is 259 cm³/mol. The van der Waals surface area contributed by atoms with Crippen LogP contribution in [0.25, 0.3) is 0 Å². The van der Waals surface area contributed by atoms with Gasteiger partial charge >= 0.3 is 25.7 Å². The fourth-order valence-corrected chi connectivity index (χ4v) is 8.73. The number of nitrogens with two attached hydrogens (primary N) is 1. The molecule has 0 saturated carbocycles. The Labute approximate surface area is 386 Å². The van der Waals surface area contributed by atoms with Gasteiger partial charge in [0, 0.05) is 12.8 Å². The lowest BCUT2D eigenvalue weighted by Crippen LogP contribution is -2.34. The standard InChI is InChI=1S/C51H100NO10P/c1-3-5-7-9-11-13-15-17-19-21-22-23-24-25-26-27-29-31-33-35-37-39-41-43-50(54)62-47(45-60-63(57,58)61-46-48(52)51(55)56)44-59-49(53)42-40-38-36-34-32-30-28-20-18-16-14-12-10-8-6-4-2/h47-48H,3-46,52H2,1-2H3,(H,55,56)(H,57,58). The molecule has 0 aromatic carbocycles. The zero-order valence-corrected chi connectivity index (χ0v) is 41.8. The quantitative estimate of drug-likeness (QED) is 0.0301. The molecule has 0 spiro atoms. The lowest BCUT2D eigenvalue weighted by atomic mass is 10.0. The van der Waals surface area contributed by atoms with E-state index in [0.717, 1.165) is 38.5 Å². The highest BCUT2D eigenvalue weighted by Gasteiger charge is 2.28. The first-order chi connectivity index (χ1) is 30.6. The van der Waals surface area contributed by atoms with Crippen molar-refractivity contribution in [3.63, 3.8) is 0 Å². The van der Waals surface area contributed by atoms with Crippen LogP contribution < -0.4 is 5.73 Å². The van der Waals surface area contributed by atoms with Crippen LogP contribution in [0.1, 0.15) is 277 Å². The predicted octanol–water partition coefficient (Wildman–Crippen LogP) is 15.0. The third-order valence-corrected chi connectivity index (χ3v) is 13.1. The monoisotopic (exact) mass is 918 g/mol. The summed E-state index contributed by atoms with van der Waals surface area (Å²) in [6, 6.07) is -1.52. The first kappa shape index (κ1) is 61.5. The summed E-state index contributed by atoms with van der Waals surface area (Å²) >= 11 is 0. The molecule has 0 saturated heterocycles. The SMILES string of the molecule is CCCCCCCCCCCCCCCCCCCCCCCCCC(=O)OC(COC(=O)CCCCCCCCCCCCCCCCCC)COP(=O)(O)OCC(N)C(=O)O. The van der Waals surface area contributed by atoms with Crippen molar-refractivity contribution in [1.29, 1.82) is 0 Å². The van der Waals surface area contributed by atoms with Crippen molar-refractivity contribution >= 4 is 25.7 Å². The molecule has 0 radical (unpaired) electrons. The van der Waals surface area contributed by atoms with Gasteiger partial charge in [0.15, 0.2) is 6.10 Å². The molecule has 0 aliphatic rings. The number of phosphoric ester groups is 1. The average molecular weight is 918 g/mol. The molecule has 0 aliphatic carbocycles. The van der Waals surface area contributed by atoms with Crippen LogP contribution in [-0.4, -0.2) is 59.9 Å². The number of carboxylic acids is 1.